The lowest BCUT2D eigenvalue weighted by atomic mass is 9.97. The minimum atomic E-state index is -0.193. The highest BCUT2D eigenvalue weighted by Gasteiger charge is 2.23. The van der Waals surface area contributed by atoms with Gasteiger partial charge in [0.1, 0.15) is 12.2 Å². The summed E-state index contributed by atoms with van der Waals surface area (Å²) in [7, 11) is 3.86. The van der Waals surface area contributed by atoms with E-state index in [1.54, 1.807) is 0 Å². The van der Waals surface area contributed by atoms with Crippen LogP contribution in [0.15, 0.2) is 109 Å². The van der Waals surface area contributed by atoms with Crippen molar-refractivity contribution in [3.05, 3.63) is 131 Å². The van der Waals surface area contributed by atoms with E-state index in [0.29, 0.717) is 0 Å². The summed E-state index contributed by atoms with van der Waals surface area (Å²) in [5.74, 6) is 0. The van der Waals surface area contributed by atoms with Crippen LogP contribution in [0.25, 0.3) is 0 Å². The van der Waals surface area contributed by atoms with Gasteiger partial charge in [0.25, 0.3) is 0 Å². The summed E-state index contributed by atoms with van der Waals surface area (Å²) >= 11 is 0. The van der Waals surface area contributed by atoms with E-state index in [1.165, 1.54) is 0 Å². The van der Waals surface area contributed by atoms with E-state index < -0.39 is 0 Å². The molecule has 0 fully saturated rings. The van der Waals surface area contributed by atoms with Crippen LogP contribution >= 0.6 is 0 Å². The molecule has 0 amide bonds. The first-order chi connectivity index (χ1) is 15.3. The highest BCUT2D eigenvalue weighted by molar-refractivity contribution is 5.47. The van der Waals surface area contributed by atoms with Crippen molar-refractivity contribution in [2.45, 2.75) is 12.2 Å². The van der Waals surface area contributed by atoms with E-state index in [0.717, 1.165) is 33.6 Å². The van der Waals surface area contributed by atoms with Crippen molar-refractivity contribution in [2.75, 3.05) is 24.7 Å². The summed E-state index contributed by atoms with van der Waals surface area (Å²) in [5.41, 5.74) is 6.67. The second-order valence-electron chi connectivity index (χ2n) is 7.46. The van der Waals surface area contributed by atoms with Crippen LogP contribution in [0.4, 0.5) is 11.4 Å². The number of hydrogen-bond acceptors (Lipinski definition) is 3. The maximum atomic E-state index is 6.90. The zero-order valence-electron chi connectivity index (χ0n) is 18.0. The molecule has 0 spiro atoms. The van der Waals surface area contributed by atoms with Crippen molar-refractivity contribution in [1.82, 2.24) is 0 Å². The van der Waals surface area contributed by atoms with E-state index in [4.69, 9.17) is 4.74 Å². The summed E-state index contributed by atoms with van der Waals surface area (Å²) in [6, 6.07) is 37.7. The molecule has 0 saturated heterocycles. The lowest BCUT2D eigenvalue weighted by molar-refractivity contribution is 0.0309. The van der Waals surface area contributed by atoms with Gasteiger partial charge < -0.3 is 15.4 Å². The summed E-state index contributed by atoms with van der Waals surface area (Å²) < 4.78 is 6.90. The molecule has 156 valence electrons. The molecule has 3 heteroatoms. The van der Waals surface area contributed by atoms with Gasteiger partial charge in [-0.1, -0.05) is 84.9 Å². The van der Waals surface area contributed by atoms with Crippen molar-refractivity contribution in [3.63, 3.8) is 0 Å². The molecule has 0 radical (unpaired) electrons. The third kappa shape index (κ3) is 4.96. The topological polar surface area (TPSA) is 33.3 Å². The summed E-state index contributed by atoms with van der Waals surface area (Å²) in [6.45, 7) is 0. The van der Waals surface area contributed by atoms with Gasteiger partial charge in [0.05, 0.1) is 0 Å². The molecule has 0 aliphatic rings. The Labute approximate surface area is 184 Å². The number of rotatable bonds is 8. The van der Waals surface area contributed by atoms with E-state index in [9.17, 15) is 0 Å². The Morgan fingerprint density at radius 2 is 0.774 bits per heavy atom. The fraction of sp³-hybridized carbons (Fsp3) is 0.143. The van der Waals surface area contributed by atoms with Gasteiger partial charge in [0.15, 0.2) is 0 Å². The van der Waals surface area contributed by atoms with E-state index in [-0.39, 0.29) is 12.2 Å². The van der Waals surface area contributed by atoms with Crippen LogP contribution in [0, 0.1) is 0 Å². The average molecular weight is 409 g/mol. The SMILES string of the molecule is CNc1ccc(C(OC(c2ccccc2)c2ccc(NC)cc2)c2ccccc2)cc1. The number of nitrogens with one attached hydrogen (secondary N) is 2. The average Bonchev–Trinajstić information content (AvgIpc) is 2.86. The molecule has 4 aromatic rings. The zero-order valence-corrected chi connectivity index (χ0v) is 18.0. The fourth-order valence-electron chi connectivity index (χ4n) is 3.74. The van der Waals surface area contributed by atoms with Crippen LogP contribution in [-0.4, -0.2) is 14.1 Å². The minimum Gasteiger partial charge on any atom is -0.388 e. The molecule has 0 heterocycles. The van der Waals surface area contributed by atoms with Gasteiger partial charge in [0.2, 0.25) is 0 Å². The maximum absolute atomic E-state index is 6.90. The van der Waals surface area contributed by atoms with Crippen LogP contribution < -0.4 is 10.6 Å². The molecule has 2 N–H and O–H groups in total. The normalized spacial score (nSPS) is 12.7. The van der Waals surface area contributed by atoms with Crippen molar-refractivity contribution < 1.29 is 4.74 Å². The molecule has 4 aromatic carbocycles. The number of benzene rings is 4. The van der Waals surface area contributed by atoms with Gasteiger partial charge in [0, 0.05) is 25.5 Å². The summed E-state index contributed by atoms with van der Waals surface area (Å²) in [6.07, 6.45) is -0.387. The Kier molecular flexibility index (Phi) is 6.65. The molecule has 0 aromatic heterocycles. The molecule has 0 aliphatic carbocycles. The van der Waals surface area contributed by atoms with Crippen molar-refractivity contribution in [3.8, 4) is 0 Å². The first-order valence-electron chi connectivity index (χ1n) is 10.6. The Balaban J connectivity index is 1.76. The highest BCUT2D eigenvalue weighted by Crippen LogP contribution is 2.36. The van der Waals surface area contributed by atoms with Crippen LogP contribution in [-0.2, 0) is 4.74 Å². The molecule has 3 nitrogen and oxygen atoms in total. The van der Waals surface area contributed by atoms with Gasteiger partial charge in [-0.05, 0) is 46.5 Å². The van der Waals surface area contributed by atoms with Gasteiger partial charge in [-0.3, -0.25) is 0 Å². The first kappa shape index (κ1) is 20.7. The Bertz CT molecular complexity index is 973. The third-order valence-electron chi connectivity index (χ3n) is 5.48. The second-order valence-corrected chi connectivity index (χ2v) is 7.46. The molecular weight excluding hydrogens is 380 g/mol. The third-order valence-corrected chi connectivity index (χ3v) is 5.48. The predicted octanol–water partition coefficient (Wildman–Crippen LogP) is 6.67. The van der Waals surface area contributed by atoms with Gasteiger partial charge in [-0.2, -0.15) is 0 Å². The molecule has 0 aliphatic heterocycles. The largest absolute Gasteiger partial charge is 0.388 e. The molecule has 0 saturated carbocycles. The lowest BCUT2D eigenvalue weighted by Crippen LogP contribution is -2.13. The molecule has 0 bridgehead atoms. The van der Waals surface area contributed by atoms with Crippen molar-refractivity contribution in [2.24, 2.45) is 0 Å². The van der Waals surface area contributed by atoms with Gasteiger partial charge in [-0.15, -0.1) is 0 Å². The lowest BCUT2D eigenvalue weighted by Gasteiger charge is -2.27. The van der Waals surface area contributed by atoms with Crippen LogP contribution in [0.5, 0.6) is 0 Å². The summed E-state index contributed by atoms with van der Waals surface area (Å²) in [4.78, 5) is 0. The predicted molar refractivity (Wildman–Crippen MR) is 130 cm³/mol. The maximum Gasteiger partial charge on any atom is 0.109 e. The van der Waals surface area contributed by atoms with E-state index in [1.807, 2.05) is 26.2 Å². The van der Waals surface area contributed by atoms with Crippen LogP contribution in [0.2, 0.25) is 0 Å². The zero-order chi connectivity index (χ0) is 21.5. The molecule has 2 unspecified atom stereocenters. The smallest absolute Gasteiger partial charge is 0.109 e. The molecule has 31 heavy (non-hydrogen) atoms. The number of hydrogen-bond donors (Lipinski definition) is 2. The van der Waals surface area contributed by atoms with Gasteiger partial charge >= 0.3 is 0 Å². The van der Waals surface area contributed by atoms with Crippen LogP contribution in [0.1, 0.15) is 34.5 Å². The monoisotopic (exact) mass is 408 g/mol. The van der Waals surface area contributed by atoms with E-state index in [2.05, 4.69) is 108 Å². The van der Waals surface area contributed by atoms with E-state index >= 15 is 0 Å². The Morgan fingerprint density at radius 1 is 0.452 bits per heavy atom. The first-order valence-corrected chi connectivity index (χ1v) is 10.6. The van der Waals surface area contributed by atoms with Crippen molar-refractivity contribution in [1.29, 1.82) is 0 Å². The van der Waals surface area contributed by atoms with Crippen LogP contribution in [0.3, 0.4) is 0 Å². The summed E-state index contributed by atoms with van der Waals surface area (Å²) in [5, 5.41) is 6.38. The number of anilines is 2. The number of ether oxygens (including phenoxy) is 1. The quantitative estimate of drug-likeness (QED) is 0.342. The second kappa shape index (κ2) is 9.96. The van der Waals surface area contributed by atoms with Gasteiger partial charge in [-0.25, -0.2) is 0 Å². The highest BCUT2D eigenvalue weighted by atomic mass is 16.5. The Morgan fingerprint density at radius 3 is 1.10 bits per heavy atom. The molecule has 4 rings (SSSR count). The fourth-order valence-corrected chi connectivity index (χ4v) is 3.74. The Hall–Kier alpha value is -3.56. The molecule has 2 atom stereocenters. The standard InChI is InChI=1S/C28H28N2O/c1-29-25-17-13-23(14-18-25)27(21-9-5-3-6-10-21)31-28(22-11-7-4-8-12-22)24-15-19-26(30-2)20-16-24/h3-20,27-30H,1-2H3. The molecular formula is C28H28N2O. The minimum absolute atomic E-state index is 0.193. The van der Waals surface area contributed by atoms with Crippen molar-refractivity contribution >= 4 is 11.4 Å².